The van der Waals surface area contributed by atoms with E-state index in [-0.39, 0.29) is 5.41 Å². The summed E-state index contributed by atoms with van der Waals surface area (Å²) in [6, 6.07) is 8.69. The van der Waals surface area contributed by atoms with Gasteiger partial charge < -0.3 is 5.73 Å². The van der Waals surface area contributed by atoms with E-state index in [1.165, 1.54) is 16.7 Å². The van der Waals surface area contributed by atoms with E-state index < -0.39 is 0 Å². The number of hydrogen-bond acceptors (Lipinski definition) is 1. The maximum atomic E-state index is 5.86. The van der Waals surface area contributed by atoms with Crippen LogP contribution in [-0.2, 0) is 5.41 Å². The maximum absolute atomic E-state index is 5.86. The highest BCUT2D eigenvalue weighted by Crippen LogP contribution is 2.44. The molecule has 2 rings (SSSR count). The molecule has 0 fully saturated rings. The van der Waals surface area contributed by atoms with Crippen molar-refractivity contribution in [2.45, 2.75) is 39.0 Å². The Morgan fingerprint density at radius 1 is 1.35 bits per heavy atom. The molecule has 0 saturated heterocycles. The van der Waals surface area contributed by atoms with Crippen molar-refractivity contribution in [2.75, 3.05) is 0 Å². The maximum Gasteiger partial charge on any atom is 0.00777 e. The van der Waals surface area contributed by atoms with Gasteiger partial charge in [0.05, 0.1) is 0 Å². The first-order valence-corrected chi connectivity index (χ1v) is 6.29. The largest absolute Gasteiger partial charge is 0.402 e. The average Bonchev–Trinajstić information content (AvgIpc) is 2.59. The summed E-state index contributed by atoms with van der Waals surface area (Å²) in [6.45, 7) is 6.69. The Morgan fingerprint density at radius 3 is 2.76 bits per heavy atom. The normalized spacial score (nSPS) is 20.6. The zero-order chi connectivity index (χ0) is 12.5. The number of rotatable bonds is 2. The van der Waals surface area contributed by atoms with Gasteiger partial charge in [-0.15, -0.1) is 0 Å². The Labute approximate surface area is 104 Å². The van der Waals surface area contributed by atoms with Crippen molar-refractivity contribution in [3.8, 4) is 0 Å². The third-order valence-electron chi connectivity index (χ3n) is 3.54. The Balaban J connectivity index is 2.42. The minimum Gasteiger partial charge on any atom is -0.402 e. The monoisotopic (exact) mass is 227 g/mol. The van der Waals surface area contributed by atoms with Gasteiger partial charge in [-0.2, -0.15) is 0 Å². The lowest BCUT2D eigenvalue weighted by atomic mass is 9.86. The van der Waals surface area contributed by atoms with Gasteiger partial charge in [0.1, 0.15) is 0 Å². The molecule has 0 unspecified atom stereocenters. The lowest BCUT2D eigenvalue weighted by Crippen LogP contribution is -2.11. The molecule has 0 aromatic heterocycles. The van der Waals surface area contributed by atoms with E-state index in [1.54, 1.807) is 0 Å². The van der Waals surface area contributed by atoms with Gasteiger partial charge in [-0.25, -0.2) is 0 Å². The van der Waals surface area contributed by atoms with Gasteiger partial charge >= 0.3 is 0 Å². The Kier molecular flexibility index (Phi) is 3.10. The van der Waals surface area contributed by atoms with E-state index in [0.29, 0.717) is 0 Å². The fraction of sp³-hybridized carbons (Fsp3) is 0.375. The van der Waals surface area contributed by atoms with Crippen LogP contribution in [0.2, 0.25) is 0 Å². The van der Waals surface area contributed by atoms with Crippen molar-refractivity contribution in [3.63, 3.8) is 0 Å². The molecule has 1 aliphatic carbocycles. The predicted octanol–water partition coefficient (Wildman–Crippen LogP) is 4.00. The molecule has 0 aliphatic heterocycles. The van der Waals surface area contributed by atoms with Crippen LogP contribution in [0.15, 0.2) is 42.1 Å². The molecule has 1 aromatic rings. The lowest BCUT2D eigenvalue weighted by Gasteiger charge is -2.17. The number of fused-ring (bicyclic) bond motifs is 1. The van der Waals surface area contributed by atoms with Crippen LogP contribution in [0.25, 0.3) is 5.57 Å². The molecule has 1 aromatic carbocycles. The van der Waals surface area contributed by atoms with Crippen LogP contribution in [0.4, 0.5) is 0 Å². The lowest BCUT2D eigenvalue weighted by molar-refractivity contribution is 0.563. The topological polar surface area (TPSA) is 26.0 Å². The van der Waals surface area contributed by atoms with Gasteiger partial charge in [0, 0.05) is 5.70 Å². The highest BCUT2D eigenvalue weighted by Gasteiger charge is 2.32. The molecule has 17 heavy (non-hydrogen) atoms. The molecule has 0 spiro atoms. The van der Waals surface area contributed by atoms with E-state index in [2.05, 4.69) is 51.1 Å². The molecule has 0 atom stereocenters. The Bertz CT molecular complexity index is 478. The van der Waals surface area contributed by atoms with Crippen LogP contribution >= 0.6 is 0 Å². The van der Waals surface area contributed by atoms with Crippen LogP contribution < -0.4 is 5.73 Å². The predicted molar refractivity (Wildman–Crippen MR) is 74.6 cm³/mol. The van der Waals surface area contributed by atoms with E-state index >= 15 is 0 Å². The summed E-state index contributed by atoms with van der Waals surface area (Å²) in [5.74, 6) is 0. The van der Waals surface area contributed by atoms with Crippen molar-refractivity contribution in [1.29, 1.82) is 0 Å². The fourth-order valence-corrected chi connectivity index (χ4v) is 2.49. The minimum atomic E-state index is 0.247. The molecule has 90 valence electrons. The Morgan fingerprint density at radius 2 is 2.06 bits per heavy atom. The first-order valence-electron chi connectivity index (χ1n) is 6.29. The number of hydrogen-bond donors (Lipinski definition) is 1. The summed E-state index contributed by atoms with van der Waals surface area (Å²) in [6.07, 6.45) is 6.24. The van der Waals surface area contributed by atoms with Gasteiger partial charge in [-0.05, 0) is 41.0 Å². The van der Waals surface area contributed by atoms with Crippen LogP contribution in [0, 0.1) is 0 Å². The quantitative estimate of drug-likeness (QED) is 0.812. The molecule has 0 saturated carbocycles. The third kappa shape index (κ3) is 2.28. The van der Waals surface area contributed by atoms with Gasteiger partial charge in [0.2, 0.25) is 0 Å². The van der Waals surface area contributed by atoms with Crippen LogP contribution in [0.5, 0.6) is 0 Å². The molecule has 1 heteroatoms. The van der Waals surface area contributed by atoms with E-state index in [4.69, 9.17) is 5.73 Å². The van der Waals surface area contributed by atoms with Crippen LogP contribution in [0.3, 0.4) is 0 Å². The van der Waals surface area contributed by atoms with Gasteiger partial charge in [0.25, 0.3) is 0 Å². The highest BCUT2D eigenvalue weighted by atomic mass is 14.6. The molecule has 2 N–H and O–H groups in total. The zero-order valence-corrected chi connectivity index (χ0v) is 11.0. The Hall–Kier alpha value is -1.50. The van der Waals surface area contributed by atoms with Crippen LogP contribution in [0.1, 0.15) is 44.7 Å². The second-order valence-corrected chi connectivity index (χ2v) is 5.39. The zero-order valence-electron chi connectivity index (χ0n) is 11.0. The number of nitrogens with two attached hydrogens (primary N) is 1. The molecule has 1 nitrogen and oxygen atoms in total. The SMILES string of the molecule is CC/C(N)=C\C=C1/CC(C)(C)c2ccccc21. The van der Waals surface area contributed by atoms with Gasteiger partial charge in [0.15, 0.2) is 0 Å². The van der Waals surface area contributed by atoms with Crippen molar-refractivity contribution >= 4 is 5.57 Å². The summed E-state index contributed by atoms with van der Waals surface area (Å²) in [5.41, 5.74) is 11.3. The highest BCUT2D eigenvalue weighted by molar-refractivity contribution is 5.76. The van der Waals surface area contributed by atoms with E-state index in [9.17, 15) is 0 Å². The molecule has 0 heterocycles. The van der Waals surface area contributed by atoms with Gasteiger partial charge in [-0.1, -0.05) is 51.1 Å². The van der Waals surface area contributed by atoms with Crippen molar-refractivity contribution in [3.05, 3.63) is 53.2 Å². The minimum absolute atomic E-state index is 0.247. The summed E-state index contributed by atoms with van der Waals surface area (Å²) in [7, 11) is 0. The van der Waals surface area contributed by atoms with Gasteiger partial charge in [-0.3, -0.25) is 0 Å². The third-order valence-corrected chi connectivity index (χ3v) is 3.54. The fourth-order valence-electron chi connectivity index (χ4n) is 2.49. The first kappa shape index (κ1) is 12.0. The van der Waals surface area contributed by atoms with Crippen molar-refractivity contribution < 1.29 is 0 Å². The molecule has 1 aliphatic rings. The summed E-state index contributed by atoms with van der Waals surface area (Å²) in [4.78, 5) is 0. The van der Waals surface area contributed by atoms with E-state index in [1.807, 2.05) is 6.08 Å². The van der Waals surface area contributed by atoms with Crippen molar-refractivity contribution in [2.24, 2.45) is 5.73 Å². The average molecular weight is 227 g/mol. The summed E-state index contributed by atoms with van der Waals surface area (Å²) in [5, 5.41) is 0. The number of allylic oxidation sites excluding steroid dienone is 4. The molecule has 0 bridgehead atoms. The first-order chi connectivity index (χ1) is 8.04. The molecular weight excluding hydrogens is 206 g/mol. The van der Waals surface area contributed by atoms with E-state index in [0.717, 1.165) is 18.5 Å². The second-order valence-electron chi connectivity index (χ2n) is 5.39. The smallest absolute Gasteiger partial charge is 0.00777 e. The van der Waals surface area contributed by atoms with Crippen molar-refractivity contribution in [1.82, 2.24) is 0 Å². The molecule has 0 amide bonds. The standard InChI is InChI=1S/C16H21N/c1-4-13(17)10-9-12-11-16(2,3)15-8-6-5-7-14(12)15/h5-10H,4,11,17H2,1-3H3/b12-9+,13-10+. The molecule has 0 radical (unpaired) electrons. The van der Waals surface area contributed by atoms with Crippen LogP contribution in [-0.4, -0.2) is 0 Å². The summed E-state index contributed by atoms with van der Waals surface area (Å²) < 4.78 is 0. The summed E-state index contributed by atoms with van der Waals surface area (Å²) >= 11 is 0. The second kappa shape index (κ2) is 4.40. The molecular formula is C16H21N. The number of benzene rings is 1.